The molecule has 10 heteroatoms. The molecule has 8 nitrogen and oxygen atoms in total. The lowest BCUT2D eigenvalue weighted by Crippen LogP contribution is -2.12. The van der Waals surface area contributed by atoms with Gasteiger partial charge in [-0.05, 0) is 10.8 Å². The predicted octanol–water partition coefficient (Wildman–Crippen LogP) is 1.67. The van der Waals surface area contributed by atoms with Crippen LogP contribution >= 0.6 is 0 Å². The van der Waals surface area contributed by atoms with Crippen molar-refractivity contribution < 1.29 is 34.3 Å². The second-order valence-electron chi connectivity index (χ2n) is 4.73. The van der Waals surface area contributed by atoms with Gasteiger partial charge in [-0.1, -0.05) is 48.5 Å². The van der Waals surface area contributed by atoms with Crippen molar-refractivity contribution in [2.24, 2.45) is 0 Å². The predicted molar refractivity (Wildman–Crippen MR) is 82.1 cm³/mol. The maximum Gasteiger partial charge on any atom is 0.262 e. The summed E-state index contributed by atoms with van der Waals surface area (Å²) in [5, 5.41) is 1.19. The molecule has 0 atom stereocenters. The zero-order valence-electron chi connectivity index (χ0n) is 11.7. The van der Waals surface area contributed by atoms with E-state index in [0.29, 0.717) is 10.8 Å². The van der Waals surface area contributed by atoms with Crippen molar-refractivity contribution in [1.29, 1.82) is 0 Å². The van der Waals surface area contributed by atoms with E-state index in [1.807, 2.05) is 0 Å². The summed E-state index contributed by atoms with van der Waals surface area (Å²) in [7, 11) is -10.5. The van der Waals surface area contributed by atoms with Gasteiger partial charge in [0, 0.05) is 10.8 Å². The SMILES string of the molecule is O=S(=O)([O-])Oc1c(OS(=O)(=O)[O-])c2ccccc2c2ccccc12. The minimum absolute atomic E-state index is 0.106. The third-order valence-corrected chi connectivity index (χ3v) is 3.95. The Morgan fingerprint density at radius 3 is 1.17 bits per heavy atom. The van der Waals surface area contributed by atoms with Crippen molar-refractivity contribution >= 4 is 42.3 Å². The van der Waals surface area contributed by atoms with Gasteiger partial charge in [-0.25, -0.2) is 16.8 Å². The molecule has 0 aliphatic rings. The van der Waals surface area contributed by atoms with E-state index in [4.69, 9.17) is 0 Å². The van der Waals surface area contributed by atoms with E-state index in [1.165, 1.54) is 24.3 Å². The third-order valence-electron chi connectivity index (χ3n) is 3.21. The molecule has 126 valence electrons. The lowest BCUT2D eigenvalue weighted by molar-refractivity contribution is 0.351. The van der Waals surface area contributed by atoms with Crippen LogP contribution in [0.3, 0.4) is 0 Å². The van der Waals surface area contributed by atoms with Crippen LogP contribution in [-0.2, 0) is 20.8 Å². The first-order chi connectivity index (χ1) is 11.2. The van der Waals surface area contributed by atoms with E-state index >= 15 is 0 Å². The van der Waals surface area contributed by atoms with Crippen molar-refractivity contribution in [2.45, 2.75) is 0 Å². The zero-order valence-corrected chi connectivity index (χ0v) is 13.3. The summed E-state index contributed by atoms with van der Waals surface area (Å²) in [6.07, 6.45) is 0. The van der Waals surface area contributed by atoms with Crippen LogP contribution in [0.5, 0.6) is 11.5 Å². The lowest BCUT2D eigenvalue weighted by atomic mass is 10.0. The van der Waals surface area contributed by atoms with E-state index in [2.05, 4.69) is 8.37 Å². The van der Waals surface area contributed by atoms with Crippen LogP contribution in [0.2, 0.25) is 0 Å². The molecule has 0 amide bonds. The molecular weight excluding hydrogens is 360 g/mol. The van der Waals surface area contributed by atoms with Crippen molar-refractivity contribution in [3.05, 3.63) is 48.5 Å². The molecule has 0 aliphatic carbocycles. The molecule has 3 aromatic carbocycles. The lowest BCUT2D eigenvalue weighted by Gasteiger charge is -2.19. The van der Waals surface area contributed by atoms with Gasteiger partial charge < -0.3 is 17.5 Å². The number of hydrogen-bond acceptors (Lipinski definition) is 8. The average Bonchev–Trinajstić information content (AvgIpc) is 2.48. The molecule has 3 aromatic rings. The highest BCUT2D eigenvalue weighted by molar-refractivity contribution is 7.81. The molecule has 0 radical (unpaired) electrons. The van der Waals surface area contributed by atoms with Crippen molar-refractivity contribution in [3.63, 3.8) is 0 Å². The summed E-state index contributed by atoms with van der Waals surface area (Å²) in [5.41, 5.74) is 0. The largest absolute Gasteiger partial charge is 0.716 e. The highest BCUT2D eigenvalue weighted by Gasteiger charge is 2.20. The minimum atomic E-state index is -5.24. The van der Waals surface area contributed by atoms with Crippen LogP contribution in [0.4, 0.5) is 0 Å². The fourth-order valence-electron chi connectivity index (χ4n) is 2.45. The standard InChI is InChI=1S/C14H10O8S2/c15-23(16,17)21-13-11-7-3-1-5-9(11)10-6-2-4-8-12(10)14(13)22-24(18,19)20/h1-8H,(H,15,16,17)(H,18,19,20)/p-2. The van der Waals surface area contributed by atoms with Gasteiger partial charge in [0.15, 0.2) is 11.5 Å². The van der Waals surface area contributed by atoms with E-state index in [0.717, 1.165) is 0 Å². The molecule has 0 saturated heterocycles. The first-order valence-corrected chi connectivity index (χ1v) is 9.06. The molecule has 24 heavy (non-hydrogen) atoms. The van der Waals surface area contributed by atoms with E-state index < -0.39 is 32.3 Å². The Morgan fingerprint density at radius 2 is 0.875 bits per heavy atom. The van der Waals surface area contributed by atoms with E-state index in [9.17, 15) is 25.9 Å². The quantitative estimate of drug-likeness (QED) is 0.386. The van der Waals surface area contributed by atoms with Crippen LogP contribution in [0.25, 0.3) is 21.5 Å². The van der Waals surface area contributed by atoms with Crippen LogP contribution in [0.1, 0.15) is 0 Å². The van der Waals surface area contributed by atoms with Gasteiger partial charge in [0.05, 0.1) is 0 Å². The van der Waals surface area contributed by atoms with E-state index in [-0.39, 0.29) is 10.8 Å². The zero-order chi connectivity index (χ0) is 17.5. The molecule has 3 rings (SSSR count). The second-order valence-corrected chi connectivity index (χ2v) is 6.70. The van der Waals surface area contributed by atoms with Gasteiger partial charge in [0.2, 0.25) is 0 Å². The Bertz CT molecular complexity index is 1060. The molecule has 0 fully saturated rings. The monoisotopic (exact) mass is 368 g/mol. The fourth-order valence-corrected chi connectivity index (χ4v) is 3.19. The Morgan fingerprint density at radius 1 is 0.583 bits per heavy atom. The summed E-state index contributed by atoms with van der Waals surface area (Å²) in [5.74, 6) is -1.31. The number of fused-ring (bicyclic) bond motifs is 3. The van der Waals surface area contributed by atoms with Crippen LogP contribution in [0, 0.1) is 0 Å². The molecule has 0 heterocycles. The van der Waals surface area contributed by atoms with E-state index in [1.54, 1.807) is 24.3 Å². The minimum Gasteiger partial charge on any atom is -0.716 e. The normalized spacial score (nSPS) is 12.4. The molecule has 0 N–H and O–H groups in total. The van der Waals surface area contributed by atoms with Gasteiger partial charge in [0.1, 0.15) is 0 Å². The smallest absolute Gasteiger partial charge is 0.262 e. The third kappa shape index (κ3) is 3.26. The Kier molecular flexibility index (Phi) is 3.84. The Hall–Kier alpha value is -2.40. The summed E-state index contributed by atoms with van der Waals surface area (Å²) in [4.78, 5) is 0. The maximum atomic E-state index is 11.0. The molecule has 0 aromatic heterocycles. The molecular formula is C14H8O8S2-2. The second kappa shape index (κ2) is 5.60. The first-order valence-electron chi connectivity index (χ1n) is 6.40. The highest BCUT2D eigenvalue weighted by Crippen LogP contribution is 2.44. The van der Waals surface area contributed by atoms with Crippen LogP contribution < -0.4 is 8.37 Å². The van der Waals surface area contributed by atoms with Crippen molar-refractivity contribution in [3.8, 4) is 11.5 Å². The number of rotatable bonds is 4. The summed E-state index contributed by atoms with van der Waals surface area (Å²) in [6.45, 7) is 0. The van der Waals surface area contributed by atoms with Crippen LogP contribution in [-0.4, -0.2) is 25.9 Å². The van der Waals surface area contributed by atoms with Gasteiger partial charge in [0.25, 0.3) is 20.8 Å². The van der Waals surface area contributed by atoms with Gasteiger partial charge in [-0.15, -0.1) is 0 Å². The number of benzene rings is 3. The average molecular weight is 368 g/mol. The van der Waals surface area contributed by atoms with Gasteiger partial charge in [-0.3, -0.25) is 0 Å². The fraction of sp³-hybridized carbons (Fsp3) is 0. The molecule has 0 aliphatic heterocycles. The molecule has 0 saturated carbocycles. The number of hydrogen-bond donors (Lipinski definition) is 0. The Labute approximate surface area is 137 Å². The van der Waals surface area contributed by atoms with Crippen molar-refractivity contribution in [1.82, 2.24) is 0 Å². The Balaban J connectivity index is 2.52. The summed E-state index contributed by atoms with van der Waals surface area (Å²) >= 11 is 0. The molecule has 0 spiro atoms. The summed E-state index contributed by atoms with van der Waals surface area (Å²) in [6, 6.07) is 12.4. The van der Waals surface area contributed by atoms with Crippen molar-refractivity contribution in [2.75, 3.05) is 0 Å². The maximum absolute atomic E-state index is 11.0. The van der Waals surface area contributed by atoms with Gasteiger partial charge >= 0.3 is 0 Å². The highest BCUT2D eigenvalue weighted by atomic mass is 32.3. The topological polar surface area (TPSA) is 133 Å². The molecule has 0 bridgehead atoms. The summed E-state index contributed by atoms with van der Waals surface area (Å²) < 4.78 is 75.0. The van der Waals surface area contributed by atoms with Gasteiger partial charge in [-0.2, -0.15) is 0 Å². The molecule has 0 unspecified atom stereocenters. The van der Waals surface area contributed by atoms with Crippen LogP contribution in [0.15, 0.2) is 48.5 Å². The first kappa shape index (κ1) is 16.5.